The van der Waals surface area contributed by atoms with Crippen LogP contribution in [-0.2, 0) is 6.42 Å². The minimum Gasteiger partial charge on any atom is -0.508 e. The van der Waals surface area contributed by atoms with Gasteiger partial charge in [-0.15, -0.1) is 0 Å². The molecule has 2 aromatic rings. The molecule has 5 aliphatic rings. The van der Waals surface area contributed by atoms with Crippen LogP contribution in [0.4, 0.5) is 0 Å². The number of para-hydroxylation sites is 2. The highest BCUT2D eigenvalue weighted by molar-refractivity contribution is 5.41. The second-order valence-corrected chi connectivity index (χ2v) is 12.3. The molecule has 6 atom stereocenters. The van der Waals surface area contributed by atoms with Gasteiger partial charge in [0.15, 0.2) is 11.5 Å². The second-order valence-electron chi connectivity index (χ2n) is 12.3. The first-order valence-electron chi connectivity index (χ1n) is 14.6. The van der Waals surface area contributed by atoms with Crippen LogP contribution in [0.25, 0.3) is 0 Å². The van der Waals surface area contributed by atoms with Crippen molar-refractivity contribution in [3.63, 3.8) is 0 Å². The predicted molar refractivity (Wildman–Crippen MR) is 145 cm³/mol. The Morgan fingerprint density at radius 1 is 0.973 bits per heavy atom. The van der Waals surface area contributed by atoms with E-state index in [0.717, 1.165) is 43.2 Å². The van der Waals surface area contributed by atoms with Gasteiger partial charge in [-0.25, -0.2) is 0 Å². The van der Waals surface area contributed by atoms with Crippen molar-refractivity contribution in [1.29, 1.82) is 0 Å². The molecule has 2 N–H and O–H groups in total. The average molecular weight is 506 g/mol. The number of fused-ring (bicyclic) bond motifs is 6. The summed E-state index contributed by atoms with van der Waals surface area (Å²) in [6.45, 7) is 6.41. The van der Waals surface area contributed by atoms with E-state index < -0.39 is 0 Å². The van der Waals surface area contributed by atoms with Crippen LogP contribution in [0.15, 0.2) is 42.5 Å². The van der Waals surface area contributed by atoms with Crippen molar-refractivity contribution in [3.8, 4) is 17.2 Å². The number of aryl methyl sites for hydroxylation is 1. The molecule has 3 aliphatic carbocycles. The van der Waals surface area contributed by atoms with Gasteiger partial charge in [0.1, 0.15) is 18.5 Å². The highest BCUT2D eigenvalue weighted by Gasteiger charge is 2.54. The third-order valence-corrected chi connectivity index (χ3v) is 10.1. The van der Waals surface area contributed by atoms with E-state index in [4.69, 9.17) is 9.47 Å². The zero-order valence-electron chi connectivity index (χ0n) is 22.3. The van der Waals surface area contributed by atoms with E-state index in [1.165, 1.54) is 62.7 Å². The summed E-state index contributed by atoms with van der Waals surface area (Å²) in [5, 5.41) is 20.0. The Hall–Kier alpha value is -2.24. The van der Waals surface area contributed by atoms with E-state index in [1.54, 1.807) is 0 Å². The van der Waals surface area contributed by atoms with Crippen molar-refractivity contribution in [2.45, 2.75) is 82.8 Å². The smallest absolute Gasteiger partial charge is 0.161 e. The number of aromatic hydroxyl groups is 1. The molecule has 0 bridgehead atoms. The molecule has 2 saturated carbocycles. The van der Waals surface area contributed by atoms with Gasteiger partial charge in [-0.3, -0.25) is 4.90 Å². The molecule has 5 heteroatoms. The van der Waals surface area contributed by atoms with Crippen molar-refractivity contribution >= 4 is 0 Å². The lowest BCUT2D eigenvalue weighted by Crippen LogP contribution is -2.43. The average Bonchev–Trinajstić information content (AvgIpc) is 3.23. The number of benzene rings is 2. The number of nitrogens with zero attached hydrogens (tertiary/aromatic N) is 1. The lowest BCUT2D eigenvalue weighted by atomic mass is 9.55. The van der Waals surface area contributed by atoms with Crippen LogP contribution in [0.3, 0.4) is 0 Å². The Balaban J connectivity index is 0.000000138. The van der Waals surface area contributed by atoms with E-state index in [-0.39, 0.29) is 17.6 Å². The standard InChI is InChI=1S/C18H24O2.C14H19NO2/c1-18-9-8-14-13-5-3-12(19)10-11(13)2-4-15(14)16(18)6-7-17(18)20;1-4-8-15(9-5-1)10-12-11-16-13-6-2-3-7-14(13)17-12/h3,5,10,14-17,19-20H,2,4,6-9H2,1H3;2-3,6-7,12H,1,4-5,8-11H2/t14-,15-,16+,17+,18+;/m1./s1. The first-order valence-corrected chi connectivity index (χ1v) is 14.6. The Labute approximate surface area is 221 Å². The summed E-state index contributed by atoms with van der Waals surface area (Å²) in [6, 6.07) is 13.9. The van der Waals surface area contributed by atoms with Crippen LogP contribution in [0, 0.1) is 17.3 Å². The topological polar surface area (TPSA) is 62.2 Å². The van der Waals surface area contributed by atoms with Crippen LogP contribution < -0.4 is 9.47 Å². The van der Waals surface area contributed by atoms with Crippen LogP contribution in [0.1, 0.15) is 75.3 Å². The first kappa shape index (κ1) is 25.1. The minimum absolute atomic E-state index is 0.0883. The molecule has 37 heavy (non-hydrogen) atoms. The zero-order chi connectivity index (χ0) is 25.4. The van der Waals surface area contributed by atoms with Gasteiger partial charge in [0.05, 0.1) is 6.10 Å². The summed E-state index contributed by atoms with van der Waals surface area (Å²) in [4.78, 5) is 2.49. The summed E-state index contributed by atoms with van der Waals surface area (Å²) >= 11 is 0. The molecule has 0 amide bonds. The SMILES string of the molecule is C[C@]12CC[C@@H]3c4ccc(O)cc4CC[C@H]3[C@@H]1CC[C@@H]2O.c1ccc2c(c1)OCC(CN1CCCCC1)O2. The largest absolute Gasteiger partial charge is 0.508 e. The summed E-state index contributed by atoms with van der Waals surface area (Å²) in [5.41, 5.74) is 2.99. The fraction of sp³-hybridized carbons (Fsp3) is 0.625. The molecular weight excluding hydrogens is 462 g/mol. The van der Waals surface area contributed by atoms with E-state index in [1.807, 2.05) is 36.4 Å². The van der Waals surface area contributed by atoms with Crippen molar-refractivity contribution in [2.24, 2.45) is 17.3 Å². The predicted octanol–water partition coefficient (Wildman–Crippen LogP) is 5.92. The Morgan fingerprint density at radius 2 is 1.78 bits per heavy atom. The highest BCUT2D eigenvalue weighted by atomic mass is 16.6. The number of hydrogen-bond donors (Lipinski definition) is 2. The molecule has 0 aromatic heterocycles. The fourth-order valence-electron chi connectivity index (χ4n) is 8.12. The van der Waals surface area contributed by atoms with Crippen LogP contribution in [0.5, 0.6) is 17.2 Å². The quantitative estimate of drug-likeness (QED) is 0.530. The summed E-state index contributed by atoms with van der Waals surface area (Å²) in [5.74, 6) is 4.26. The third kappa shape index (κ3) is 4.97. The zero-order valence-corrected chi connectivity index (χ0v) is 22.3. The molecule has 2 heterocycles. The van der Waals surface area contributed by atoms with Crippen molar-refractivity contribution < 1.29 is 19.7 Å². The van der Waals surface area contributed by atoms with Crippen LogP contribution in [0.2, 0.25) is 0 Å². The van der Waals surface area contributed by atoms with Gasteiger partial charge in [0.2, 0.25) is 0 Å². The van der Waals surface area contributed by atoms with Crippen LogP contribution in [-0.4, -0.2) is 53.6 Å². The van der Waals surface area contributed by atoms with E-state index >= 15 is 0 Å². The number of aliphatic hydroxyl groups excluding tert-OH is 1. The number of piperidine rings is 1. The lowest BCUT2D eigenvalue weighted by molar-refractivity contribution is -0.0226. The maximum Gasteiger partial charge on any atom is 0.161 e. The van der Waals surface area contributed by atoms with Crippen molar-refractivity contribution in [2.75, 3.05) is 26.2 Å². The number of ether oxygens (including phenoxy) is 2. The lowest BCUT2D eigenvalue weighted by Gasteiger charge is -2.50. The first-order chi connectivity index (χ1) is 18.0. The third-order valence-electron chi connectivity index (χ3n) is 10.1. The molecule has 1 unspecified atom stereocenters. The number of rotatable bonds is 2. The highest BCUT2D eigenvalue weighted by Crippen LogP contribution is 2.60. The van der Waals surface area contributed by atoms with Gasteiger partial charge in [0, 0.05) is 6.54 Å². The summed E-state index contributed by atoms with van der Waals surface area (Å²) in [6.07, 6.45) is 11.0. The van der Waals surface area contributed by atoms with Gasteiger partial charge in [-0.2, -0.15) is 0 Å². The number of phenols is 1. The Kier molecular flexibility index (Phi) is 7.11. The second kappa shape index (κ2) is 10.5. The normalized spacial score (nSPS) is 34.4. The van der Waals surface area contributed by atoms with E-state index in [2.05, 4.69) is 17.9 Å². The number of likely N-dealkylation sites (tertiary alicyclic amines) is 1. The van der Waals surface area contributed by atoms with Crippen LogP contribution >= 0.6 is 0 Å². The summed E-state index contributed by atoms with van der Waals surface area (Å²) < 4.78 is 11.7. The van der Waals surface area contributed by atoms with Gasteiger partial charge in [0.25, 0.3) is 0 Å². The van der Waals surface area contributed by atoms with E-state index in [0.29, 0.717) is 24.2 Å². The molecule has 0 spiro atoms. The van der Waals surface area contributed by atoms with Crippen molar-refractivity contribution in [3.05, 3.63) is 53.6 Å². The van der Waals surface area contributed by atoms with Gasteiger partial charge < -0.3 is 19.7 Å². The minimum atomic E-state index is -0.0883. The van der Waals surface area contributed by atoms with Gasteiger partial charge in [-0.1, -0.05) is 31.5 Å². The number of aliphatic hydroxyl groups is 1. The monoisotopic (exact) mass is 505 g/mol. The maximum absolute atomic E-state index is 10.4. The molecule has 0 radical (unpaired) electrons. The number of phenolic OH excluding ortho intramolecular Hbond substituents is 1. The number of hydrogen-bond acceptors (Lipinski definition) is 5. The Morgan fingerprint density at radius 3 is 2.62 bits per heavy atom. The molecular formula is C32H43NO4. The van der Waals surface area contributed by atoms with E-state index in [9.17, 15) is 10.2 Å². The Bertz CT molecular complexity index is 1080. The fourth-order valence-corrected chi connectivity index (χ4v) is 8.12. The molecule has 2 aliphatic heterocycles. The molecule has 3 fully saturated rings. The molecule has 7 rings (SSSR count). The molecule has 200 valence electrons. The van der Waals surface area contributed by atoms with Gasteiger partial charge >= 0.3 is 0 Å². The molecule has 2 aromatic carbocycles. The maximum atomic E-state index is 10.4. The molecule has 1 saturated heterocycles. The summed E-state index contributed by atoms with van der Waals surface area (Å²) in [7, 11) is 0. The molecule has 5 nitrogen and oxygen atoms in total. The van der Waals surface area contributed by atoms with Crippen molar-refractivity contribution in [1.82, 2.24) is 4.90 Å². The van der Waals surface area contributed by atoms with Gasteiger partial charge in [-0.05, 0) is 123 Å².